The van der Waals surface area contributed by atoms with Crippen LogP contribution < -0.4 is 5.32 Å². The first kappa shape index (κ1) is 25.7. The lowest BCUT2D eigenvalue weighted by atomic mass is 10.3. The zero-order valence-corrected chi connectivity index (χ0v) is 14.9. The molecule has 1 aromatic carbocycles. The number of benzene rings is 1. The molecule has 0 aromatic heterocycles. The molecule has 132 valence electrons. The first-order valence-electron chi connectivity index (χ1n) is 7.11. The fourth-order valence-electron chi connectivity index (χ4n) is 1.10. The Labute approximate surface area is 138 Å². The van der Waals surface area contributed by atoms with E-state index in [-0.39, 0.29) is 5.78 Å². The maximum absolute atomic E-state index is 11.0. The van der Waals surface area contributed by atoms with E-state index in [1.807, 2.05) is 32.8 Å². The van der Waals surface area contributed by atoms with E-state index >= 15 is 0 Å². The van der Waals surface area contributed by atoms with Crippen molar-refractivity contribution in [3.63, 3.8) is 0 Å². The van der Waals surface area contributed by atoms with Crippen LogP contribution in [0.3, 0.4) is 0 Å². The molecule has 1 N–H and O–H groups in total. The lowest BCUT2D eigenvalue weighted by molar-refractivity contribution is -0.736. The van der Waals surface area contributed by atoms with Gasteiger partial charge in [0.05, 0.1) is 11.5 Å². The Morgan fingerprint density at radius 3 is 1.91 bits per heavy atom. The molecule has 0 aliphatic carbocycles. The number of rotatable bonds is 6. The molecule has 7 heteroatoms. The number of ketones is 1. The van der Waals surface area contributed by atoms with Crippen molar-refractivity contribution in [2.75, 3.05) is 32.7 Å². The number of nitrogens with zero attached hydrogens (tertiary/aromatic N) is 1. The highest BCUT2D eigenvalue weighted by molar-refractivity contribution is 5.72. The standard InChI is InChI=1S/C10H15N2O3.C3H6O.C2H6.CH2O/c1-14-8-7-11-9-3-5-10(6-4-9)12(13)15-2;1-3(2)4;2*1-2/h3-6,11H,7-8H2,1-2H3;1-2H3;1-2H3;1H2/q+1;;;. The fourth-order valence-corrected chi connectivity index (χ4v) is 1.10. The van der Waals surface area contributed by atoms with Crippen LogP contribution in [0.1, 0.15) is 27.7 Å². The molecule has 1 rings (SSSR count). The van der Waals surface area contributed by atoms with Crippen LogP contribution in [0.15, 0.2) is 24.3 Å². The van der Waals surface area contributed by atoms with Gasteiger partial charge in [-0.1, -0.05) is 13.8 Å². The summed E-state index contributed by atoms with van der Waals surface area (Å²) in [6, 6.07) is 7.00. The summed E-state index contributed by atoms with van der Waals surface area (Å²) in [7, 11) is 2.98. The van der Waals surface area contributed by atoms with E-state index < -0.39 is 0 Å². The van der Waals surface area contributed by atoms with Gasteiger partial charge in [0.2, 0.25) is 0 Å². The average molecular weight is 329 g/mol. The molecule has 0 saturated heterocycles. The fraction of sp³-hybridized carbons (Fsp3) is 0.500. The number of hydrogen-bond donors (Lipinski definition) is 1. The van der Waals surface area contributed by atoms with Crippen molar-refractivity contribution >= 4 is 23.9 Å². The summed E-state index contributed by atoms with van der Waals surface area (Å²) in [4.78, 5) is 33.5. The lowest BCUT2D eigenvalue weighted by Crippen LogP contribution is -2.07. The van der Waals surface area contributed by atoms with E-state index in [9.17, 15) is 9.70 Å². The zero-order valence-electron chi connectivity index (χ0n) is 14.9. The SMILES string of the molecule is C=O.CC.CC(C)=O.COCCNc1ccc([N+](=O)OC)cc1. The molecule has 0 spiro atoms. The molecule has 0 amide bonds. The predicted octanol–water partition coefficient (Wildman–Crippen LogP) is 3.15. The number of hydrogen-bond acceptors (Lipinski definition) is 6. The quantitative estimate of drug-likeness (QED) is 0.637. The van der Waals surface area contributed by atoms with Crippen LogP contribution in [0.5, 0.6) is 0 Å². The van der Waals surface area contributed by atoms with Crippen molar-refractivity contribution in [3.8, 4) is 0 Å². The van der Waals surface area contributed by atoms with Crippen molar-refractivity contribution in [3.05, 3.63) is 29.2 Å². The van der Waals surface area contributed by atoms with Crippen molar-refractivity contribution in [2.24, 2.45) is 0 Å². The highest BCUT2D eigenvalue weighted by Gasteiger charge is 2.12. The second kappa shape index (κ2) is 19.7. The molecule has 0 saturated carbocycles. The van der Waals surface area contributed by atoms with Crippen molar-refractivity contribution in [1.29, 1.82) is 0 Å². The van der Waals surface area contributed by atoms with E-state index in [4.69, 9.17) is 9.53 Å². The molecule has 0 atom stereocenters. The first-order chi connectivity index (χ1) is 11.0. The monoisotopic (exact) mass is 329 g/mol. The van der Waals surface area contributed by atoms with Crippen LogP contribution in [-0.4, -0.2) is 44.9 Å². The van der Waals surface area contributed by atoms with Gasteiger partial charge in [0, 0.05) is 31.5 Å². The minimum atomic E-state index is 0.167. The van der Waals surface area contributed by atoms with Gasteiger partial charge in [-0.05, 0) is 26.0 Å². The summed E-state index contributed by atoms with van der Waals surface area (Å²) in [5.74, 6) is 0.167. The molecule has 0 fully saturated rings. The summed E-state index contributed by atoms with van der Waals surface area (Å²) in [5.41, 5.74) is 1.41. The minimum absolute atomic E-state index is 0.167. The summed E-state index contributed by atoms with van der Waals surface area (Å²) in [6.07, 6.45) is 0. The number of Topliss-reactive ketones (excluding diaryl/α,β-unsaturated/α-hetero) is 1. The summed E-state index contributed by atoms with van der Waals surface area (Å²) < 4.78 is 4.90. The van der Waals surface area contributed by atoms with Crippen LogP contribution in [-0.2, 0) is 19.2 Å². The molecule has 0 bridgehead atoms. The van der Waals surface area contributed by atoms with Crippen molar-refractivity contribution < 1.29 is 24.1 Å². The second-order valence-electron chi connectivity index (χ2n) is 3.81. The molecule has 7 nitrogen and oxygen atoms in total. The number of nitrogens with one attached hydrogen (secondary N) is 1. The highest BCUT2D eigenvalue weighted by atomic mass is 16.8. The van der Waals surface area contributed by atoms with Crippen LogP contribution >= 0.6 is 0 Å². The number of carbonyl (C=O) groups excluding carboxylic acids is 2. The number of methoxy groups -OCH3 is 1. The normalized spacial score (nSPS) is 7.91. The van der Waals surface area contributed by atoms with Gasteiger partial charge in [-0.2, -0.15) is 0 Å². The Morgan fingerprint density at radius 1 is 1.13 bits per heavy atom. The topological polar surface area (TPSA) is 84.7 Å². The van der Waals surface area contributed by atoms with E-state index in [1.54, 1.807) is 19.2 Å². The van der Waals surface area contributed by atoms with Gasteiger partial charge in [-0.15, -0.1) is 0 Å². The Balaban J connectivity index is -0.000000426. The highest BCUT2D eigenvalue weighted by Crippen LogP contribution is 2.15. The largest absolute Gasteiger partial charge is 0.383 e. The molecular formula is C16H29N2O5+. The Hall–Kier alpha value is -2.28. The molecule has 0 unspecified atom stereocenters. The Kier molecular flexibility index (Phi) is 22.0. The van der Waals surface area contributed by atoms with Gasteiger partial charge in [0.25, 0.3) is 4.92 Å². The third-order valence-electron chi connectivity index (χ3n) is 1.88. The summed E-state index contributed by atoms with van der Waals surface area (Å²) >= 11 is 0. The van der Waals surface area contributed by atoms with E-state index in [1.165, 1.54) is 21.0 Å². The van der Waals surface area contributed by atoms with Gasteiger partial charge in [0.15, 0.2) is 7.11 Å². The summed E-state index contributed by atoms with van der Waals surface area (Å²) in [6.45, 7) is 10.4. The smallest absolute Gasteiger partial charge is 0.316 e. The van der Waals surface area contributed by atoms with Gasteiger partial charge < -0.3 is 19.6 Å². The molecule has 0 heterocycles. The van der Waals surface area contributed by atoms with Crippen LogP contribution in [0.25, 0.3) is 0 Å². The second-order valence-corrected chi connectivity index (χ2v) is 3.81. The third kappa shape index (κ3) is 17.7. The lowest BCUT2D eigenvalue weighted by Gasteiger charge is -2.03. The maximum atomic E-state index is 11.0. The van der Waals surface area contributed by atoms with E-state index in [2.05, 4.69) is 10.2 Å². The van der Waals surface area contributed by atoms with Crippen LogP contribution in [0.2, 0.25) is 0 Å². The van der Waals surface area contributed by atoms with Crippen molar-refractivity contribution in [2.45, 2.75) is 27.7 Å². The Morgan fingerprint density at radius 2 is 1.57 bits per heavy atom. The molecule has 23 heavy (non-hydrogen) atoms. The third-order valence-corrected chi connectivity index (χ3v) is 1.88. The Bertz CT molecular complexity index is 403. The first-order valence-corrected chi connectivity index (χ1v) is 7.11. The molecule has 0 radical (unpaired) electrons. The average Bonchev–Trinajstić information content (AvgIpc) is 2.58. The number of anilines is 1. The summed E-state index contributed by atoms with van der Waals surface area (Å²) in [5, 5.41) is 3.14. The molecule has 1 aromatic rings. The van der Waals surface area contributed by atoms with Crippen LogP contribution in [0, 0.1) is 4.91 Å². The predicted molar refractivity (Wildman–Crippen MR) is 91.9 cm³/mol. The number of carbonyl (C=O) groups is 2. The van der Waals surface area contributed by atoms with Gasteiger partial charge in [-0.25, -0.2) is 4.84 Å². The van der Waals surface area contributed by atoms with Crippen molar-refractivity contribution in [1.82, 2.24) is 0 Å². The maximum Gasteiger partial charge on any atom is 0.316 e. The molecule has 0 aliphatic heterocycles. The van der Waals surface area contributed by atoms with Gasteiger partial charge >= 0.3 is 5.69 Å². The van der Waals surface area contributed by atoms with Gasteiger partial charge in [0.1, 0.15) is 12.6 Å². The van der Waals surface area contributed by atoms with E-state index in [0.717, 1.165) is 12.2 Å². The zero-order chi connectivity index (χ0) is 18.7. The molecular weight excluding hydrogens is 300 g/mol. The molecule has 0 aliphatic rings. The van der Waals surface area contributed by atoms with Gasteiger partial charge in [-0.3, -0.25) is 0 Å². The van der Waals surface area contributed by atoms with Crippen LogP contribution in [0.4, 0.5) is 11.4 Å². The van der Waals surface area contributed by atoms with E-state index in [0.29, 0.717) is 17.2 Å². The minimum Gasteiger partial charge on any atom is -0.383 e. The number of ether oxygens (including phenoxy) is 1.